The first kappa shape index (κ1) is 9.85. The van der Waals surface area contributed by atoms with Gasteiger partial charge < -0.3 is 10.2 Å². The fraction of sp³-hybridized carbons (Fsp3) is 0.462. The van der Waals surface area contributed by atoms with E-state index in [9.17, 15) is 4.79 Å². The lowest BCUT2D eigenvalue weighted by Crippen LogP contribution is -2.41. The lowest BCUT2D eigenvalue weighted by molar-refractivity contribution is -0.122. The molecule has 1 saturated heterocycles. The summed E-state index contributed by atoms with van der Waals surface area (Å²) < 4.78 is 0. The Morgan fingerprint density at radius 3 is 2.88 bits per heavy atom. The highest BCUT2D eigenvalue weighted by molar-refractivity contribution is 5.99. The third-order valence-electron chi connectivity index (χ3n) is 3.87. The Balaban J connectivity index is 2.20. The summed E-state index contributed by atoms with van der Waals surface area (Å²) in [4.78, 5) is 14.0. The average molecular weight is 216 g/mol. The molecule has 3 nitrogen and oxygen atoms in total. The molecule has 1 N–H and O–H groups in total. The summed E-state index contributed by atoms with van der Waals surface area (Å²) in [5.41, 5.74) is 3.65. The zero-order valence-corrected chi connectivity index (χ0v) is 9.66. The zero-order chi connectivity index (χ0) is 11.3. The van der Waals surface area contributed by atoms with E-state index in [1.807, 2.05) is 11.9 Å². The Bertz CT molecular complexity index is 455. The molecule has 16 heavy (non-hydrogen) atoms. The Morgan fingerprint density at radius 1 is 1.31 bits per heavy atom. The molecule has 0 unspecified atom stereocenters. The number of aryl methyl sites for hydroxylation is 1. The normalized spacial score (nSPS) is 27.9. The summed E-state index contributed by atoms with van der Waals surface area (Å²) in [6, 6.07) is 6.33. The van der Waals surface area contributed by atoms with E-state index in [2.05, 4.69) is 30.4 Å². The molecule has 0 saturated carbocycles. The van der Waals surface area contributed by atoms with Crippen molar-refractivity contribution in [1.82, 2.24) is 5.32 Å². The molecule has 3 rings (SSSR count). The SMILES string of the molecule is Cc1cccc2c1N(C)C(=O)[C@@H]1CNC[C@H]21. The van der Waals surface area contributed by atoms with Crippen molar-refractivity contribution in [2.24, 2.45) is 5.92 Å². The summed E-state index contributed by atoms with van der Waals surface area (Å²) in [7, 11) is 1.89. The molecule has 1 amide bonds. The zero-order valence-electron chi connectivity index (χ0n) is 9.66. The monoisotopic (exact) mass is 216 g/mol. The number of fused-ring (bicyclic) bond motifs is 3. The Kier molecular flexibility index (Phi) is 2.04. The van der Waals surface area contributed by atoms with Crippen molar-refractivity contribution < 1.29 is 4.79 Å². The molecular formula is C13H16N2O. The maximum absolute atomic E-state index is 12.2. The van der Waals surface area contributed by atoms with Crippen LogP contribution in [0.15, 0.2) is 18.2 Å². The number of nitrogens with zero attached hydrogens (tertiary/aromatic N) is 1. The highest BCUT2D eigenvalue weighted by Crippen LogP contribution is 2.41. The minimum atomic E-state index is 0.138. The molecule has 0 aromatic heterocycles. The van der Waals surface area contributed by atoms with Crippen molar-refractivity contribution in [1.29, 1.82) is 0 Å². The van der Waals surface area contributed by atoms with E-state index in [0.29, 0.717) is 5.92 Å². The van der Waals surface area contributed by atoms with E-state index < -0.39 is 0 Å². The first-order valence-electron chi connectivity index (χ1n) is 5.78. The first-order chi connectivity index (χ1) is 7.70. The van der Waals surface area contributed by atoms with Crippen molar-refractivity contribution in [2.45, 2.75) is 12.8 Å². The lowest BCUT2D eigenvalue weighted by Gasteiger charge is -2.34. The van der Waals surface area contributed by atoms with Crippen LogP contribution in [0.5, 0.6) is 0 Å². The van der Waals surface area contributed by atoms with Crippen LogP contribution in [0.1, 0.15) is 17.0 Å². The van der Waals surface area contributed by atoms with Gasteiger partial charge in [0.1, 0.15) is 0 Å². The van der Waals surface area contributed by atoms with Gasteiger partial charge in [-0.25, -0.2) is 0 Å². The second-order valence-corrected chi connectivity index (χ2v) is 4.78. The van der Waals surface area contributed by atoms with Gasteiger partial charge in [0.05, 0.1) is 5.92 Å². The van der Waals surface area contributed by atoms with Gasteiger partial charge in [-0.1, -0.05) is 18.2 Å². The fourth-order valence-electron chi connectivity index (χ4n) is 3.06. The maximum atomic E-state index is 12.2. The van der Waals surface area contributed by atoms with Crippen LogP contribution in [0, 0.1) is 12.8 Å². The average Bonchev–Trinajstić information content (AvgIpc) is 2.74. The Morgan fingerprint density at radius 2 is 2.06 bits per heavy atom. The number of rotatable bonds is 0. The van der Waals surface area contributed by atoms with Crippen LogP contribution in [-0.4, -0.2) is 26.0 Å². The number of hydrogen-bond acceptors (Lipinski definition) is 2. The van der Waals surface area contributed by atoms with Crippen LogP contribution < -0.4 is 10.2 Å². The van der Waals surface area contributed by atoms with Gasteiger partial charge in [-0.15, -0.1) is 0 Å². The van der Waals surface area contributed by atoms with Crippen LogP contribution in [-0.2, 0) is 4.79 Å². The van der Waals surface area contributed by atoms with E-state index in [0.717, 1.165) is 18.8 Å². The predicted octanol–water partition coefficient (Wildman–Crippen LogP) is 1.27. The van der Waals surface area contributed by atoms with Crippen LogP contribution in [0.25, 0.3) is 0 Å². The minimum absolute atomic E-state index is 0.138. The molecule has 0 radical (unpaired) electrons. The van der Waals surface area contributed by atoms with Crippen molar-refractivity contribution in [3.8, 4) is 0 Å². The van der Waals surface area contributed by atoms with Gasteiger partial charge in [0, 0.05) is 31.7 Å². The molecule has 1 aromatic carbocycles. The van der Waals surface area contributed by atoms with E-state index >= 15 is 0 Å². The van der Waals surface area contributed by atoms with Crippen LogP contribution in [0.3, 0.4) is 0 Å². The highest BCUT2D eigenvalue weighted by Gasteiger charge is 2.41. The fourth-order valence-corrected chi connectivity index (χ4v) is 3.06. The number of carbonyl (C=O) groups is 1. The topological polar surface area (TPSA) is 32.3 Å². The van der Waals surface area contributed by atoms with Gasteiger partial charge in [0.25, 0.3) is 0 Å². The molecule has 2 heterocycles. The van der Waals surface area contributed by atoms with Gasteiger partial charge in [-0.3, -0.25) is 4.79 Å². The standard InChI is InChI=1S/C13H16N2O/c1-8-4-3-5-9-10-6-14-7-11(10)13(16)15(2)12(8)9/h3-5,10-11,14H,6-7H2,1-2H3/t10-,11-/m1/s1. The molecule has 0 aliphatic carbocycles. The Labute approximate surface area is 95.4 Å². The third kappa shape index (κ3) is 1.15. The van der Waals surface area contributed by atoms with Crippen molar-refractivity contribution in [3.63, 3.8) is 0 Å². The maximum Gasteiger partial charge on any atom is 0.231 e. The number of anilines is 1. The molecule has 2 atom stereocenters. The van der Waals surface area contributed by atoms with Gasteiger partial charge in [-0.05, 0) is 18.1 Å². The van der Waals surface area contributed by atoms with Crippen LogP contribution >= 0.6 is 0 Å². The molecule has 2 aliphatic rings. The number of nitrogens with one attached hydrogen (secondary N) is 1. The largest absolute Gasteiger partial charge is 0.315 e. The van der Waals surface area contributed by atoms with Crippen molar-refractivity contribution >= 4 is 11.6 Å². The number of amides is 1. The second-order valence-electron chi connectivity index (χ2n) is 4.78. The molecule has 0 bridgehead atoms. The second kappa shape index (κ2) is 3.32. The number of para-hydroxylation sites is 1. The van der Waals surface area contributed by atoms with Crippen LogP contribution in [0.4, 0.5) is 5.69 Å². The Hall–Kier alpha value is -1.35. The van der Waals surface area contributed by atoms with Crippen molar-refractivity contribution in [3.05, 3.63) is 29.3 Å². The molecule has 3 heteroatoms. The lowest BCUT2D eigenvalue weighted by atomic mass is 9.82. The first-order valence-corrected chi connectivity index (χ1v) is 5.78. The van der Waals surface area contributed by atoms with Crippen LogP contribution in [0.2, 0.25) is 0 Å². The number of hydrogen-bond donors (Lipinski definition) is 1. The summed E-state index contributed by atoms with van der Waals surface area (Å²) in [5, 5.41) is 3.33. The van der Waals surface area contributed by atoms with Gasteiger partial charge >= 0.3 is 0 Å². The van der Waals surface area contributed by atoms with Crippen molar-refractivity contribution in [2.75, 3.05) is 25.0 Å². The molecule has 1 fully saturated rings. The van der Waals surface area contributed by atoms with E-state index in [4.69, 9.17) is 0 Å². The number of benzene rings is 1. The van der Waals surface area contributed by atoms with E-state index in [1.165, 1.54) is 11.1 Å². The van der Waals surface area contributed by atoms with Gasteiger partial charge in [0.2, 0.25) is 5.91 Å². The molecule has 84 valence electrons. The minimum Gasteiger partial charge on any atom is -0.315 e. The summed E-state index contributed by atoms with van der Waals surface area (Å²) in [6.45, 7) is 3.83. The summed E-state index contributed by atoms with van der Waals surface area (Å²) in [5.74, 6) is 0.773. The highest BCUT2D eigenvalue weighted by atomic mass is 16.2. The van der Waals surface area contributed by atoms with Gasteiger partial charge in [-0.2, -0.15) is 0 Å². The summed E-state index contributed by atoms with van der Waals surface area (Å²) >= 11 is 0. The summed E-state index contributed by atoms with van der Waals surface area (Å²) in [6.07, 6.45) is 0. The van der Waals surface area contributed by atoms with E-state index in [-0.39, 0.29) is 11.8 Å². The molecule has 0 spiro atoms. The predicted molar refractivity (Wildman–Crippen MR) is 63.7 cm³/mol. The third-order valence-corrected chi connectivity index (χ3v) is 3.87. The molecular weight excluding hydrogens is 200 g/mol. The smallest absolute Gasteiger partial charge is 0.231 e. The number of carbonyl (C=O) groups excluding carboxylic acids is 1. The quantitative estimate of drug-likeness (QED) is 0.708. The van der Waals surface area contributed by atoms with Gasteiger partial charge in [0.15, 0.2) is 0 Å². The van der Waals surface area contributed by atoms with E-state index in [1.54, 1.807) is 0 Å². The molecule has 2 aliphatic heterocycles. The molecule has 1 aromatic rings.